The summed E-state index contributed by atoms with van der Waals surface area (Å²) < 4.78 is 44.8. The zero-order valence-electron chi connectivity index (χ0n) is 16.3. The zero-order valence-corrected chi connectivity index (χ0v) is 16.3. The largest absolute Gasteiger partial charge is 0.489 e. The van der Waals surface area contributed by atoms with Gasteiger partial charge in [0, 0.05) is 18.7 Å². The molecule has 150 valence electrons. The molecule has 0 radical (unpaired) electrons. The van der Waals surface area contributed by atoms with Gasteiger partial charge < -0.3 is 9.64 Å². The van der Waals surface area contributed by atoms with Crippen molar-refractivity contribution in [2.24, 2.45) is 0 Å². The van der Waals surface area contributed by atoms with E-state index in [2.05, 4.69) is 25.6 Å². The van der Waals surface area contributed by atoms with Gasteiger partial charge in [0.2, 0.25) is 0 Å². The Hall–Kier alpha value is -2.43. The summed E-state index contributed by atoms with van der Waals surface area (Å²) in [5.74, 6) is 1.21. The number of benzene rings is 2. The normalized spacial score (nSPS) is 18.2. The van der Waals surface area contributed by atoms with Crippen LogP contribution < -0.4 is 9.64 Å². The van der Waals surface area contributed by atoms with E-state index >= 15 is 0 Å². The van der Waals surface area contributed by atoms with Gasteiger partial charge in [0.1, 0.15) is 11.9 Å². The fraction of sp³-hybridized carbons (Fsp3) is 0.391. The Bertz CT molecular complexity index is 813. The summed E-state index contributed by atoms with van der Waals surface area (Å²) in [4.78, 5) is 1.95. The number of nitrogens with zero attached hydrogens (tertiary/aromatic N) is 1. The van der Waals surface area contributed by atoms with Gasteiger partial charge in [-0.25, -0.2) is 0 Å². The highest BCUT2D eigenvalue weighted by molar-refractivity contribution is 5.50. The van der Waals surface area contributed by atoms with Crippen LogP contribution in [0.1, 0.15) is 43.7 Å². The van der Waals surface area contributed by atoms with Crippen LogP contribution in [0.2, 0.25) is 0 Å². The third-order valence-corrected chi connectivity index (χ3v) is 5.09. The van der Waals surface area contributed by atoms with Crippen LogP contribution in [0.15, 0.2) is 60.7 Å². The molecule has 0 spiro atoms. The number of rotatable bonds is 6. The van der Waals surface area contributed by atoms with E-state index in [1.165, 1.54) is 17.7 Å². The SMILES string of the molecule is C=C(C)C[C@@H](C)c1ccc(OC2CCN(c3cccc(C(F)(F)F)c3)C2)cc1. The van der Waals surface area contributed by atoms with Crippen LogP contribution in [-0.4, -0.2) is 19.2 Å². The van der Waals surface area contributed by atoms with Crippen molar-refractivity contribution in [3.05, 3.63) is 71.8 Å². The molecule has 0 bridgehead atoms. The Morgan fingerprint density at radius 1 is 1.21 bits per heavy atom. The number of ether oxygens (including phenoxy) is 1. The number of hydrogen-bond acceptors (Lipinski definition) is 2. The minimum atomic E-state index is -4.32. The van der Waals surface area contributed by atoms with Crippen LogP contribution in [0.3, 0.4) is 0 Å². The summed E-state index contributed by atoms with van der Waals surface area (Å²) in [6, 6.07) is 13.6. The maximum atomic E-state index is 12.9. The molecule has 1 saturated heterocycles. The molecule has 1 heterocycles. The first-order chi connectivity index (χ1) is 13.2. The molecule has 1 unspecified atom stereocenters. The van der Waals surface area contributed by atoms with Crippen LogP contribution in [-0.2, 0) is 6.18 Å². The van der Waals surface area contributed by atoms with Crippen molar-refractivity contribution < 1.29 is 17.9 Å². The van der Waals surface area contributed by atoms with Gasteiger partial charge in [-0.1, -0.05) is 30.7 Å². The molecule has 0 N–H and O–H groups in total. The van der Waals surface area contributed by atoms with Crippen molar-refractivity contribution >= 4 is 5.69 Å². The molecule has 1 aliphatic rings. The van der Waals surface area contributed by atoms with E-state index in [0.717, 1.165) is 30.2 Å². The molecule has 28 heavy (non-hydrogen) atoms. The predicted molar refractivity (Wildman–Crippen MR) is 107 cm³/mol. The van der Waals surface area contributed by atoms with Crippen LogP contribution >= 0.6 is 0 Å². The van der Waals surface area contributed by atoms with Crippen LogP contribution in [0, 0.1) is 0 Å². The molecule has 2 aromatic carbocycles. The second-order valence-corrected chi connectivity index (χ2v) is 7.65. The van der Waals surface area contributed by atoms with E-state index in [-0.39, 0.29) is 6.10 Å². The molecule has 0 saturated carbocycles. The molecular weight excluding hydrogens is 363 g/mol. The third kappa shape index (κ3) is 5.09. The Labute approximate surface area is 164 Å². The summed E-state index contributed by atoms with van der Waals surface area (Å²) in [6.45, 7) is 9.43. The van der Waals surface area contributed by atoms with Crippen LogP contribution in [0.25, 0.3) is 0 Å². The van der Waals surface area contributed by atoms with Gasteiger partial charge in [0.25, 0.3) is 0 Å². The topological polar surface area (TPSA) is 12.5 Å². The lowest BCUT2D eigenvalue weighted by Gasteiger charge is -2.20. The standard InChI is InChI=1S/C23H26F3NO/c1-16(2)13-17(3)18-7-9-21(10-8-18)28-22-11-12-27(15-22)20-6-4-5-19(14-20)23(24,25)26/h4-10,14,17,22H,1,11-13,15H2,2-3H3/t17-,22?/m1/s1. The lowest BCUT2D eigenvalue weighted by atomic mass is 9.95. The summed E-state index contributed by atoms with van der Waals surface area (Å²) in [7, 11) is 0. The van der Waals surface area contributed by atoms with E-state index in [1.54, 1.807) is 6.07 Å². The highest BCUT2D eigenvalue weighted by Crippen LogP contribution is 2.33. The van der Waals surface area contributed by atoms with E-state index in [0.29, 0.717) is 24.7 Å². The van der Waals surface area contributed by atoms with E-state index < -0.39 is 11.7 Å². The van der Waals surface area contributed by atoms with Crippen molar-refractivity contribution in [1.29, 1.82) is 0 Å². The average Bonchev–Trinajstić information content (AvgIpc) is 3.10. The van der Waals surface area contributed by atoms with Crippen molar-refractivity contribution in [3.8, 4) is 5.75 Å². The van der Waals surface area contributed by atoms with E-state index in [1.807, 2.05) is 24.0 Å². The van der Waals surface area contributed by atoms with Crippen LogP contribution in [0.5, 0.6) is 5.75 Å². The minimum absolute atomic E-state index is 0.0340. The number of halogens is 3. The lowest BCUT2D eigenvalue weighted by Crippen LogP contribution is -2.24. The molecule has 3 rings (SSSR count). The number of allylic oxidation sites excluding steroid dienone is 1. The first-order valence-electron chi connectivity index (χ1n) is 9.55. The second kappa shape index (κ2) is 8.29. The molecule has 2 nitrogen and oxygen atoms in total. The highest BCUT2D eigenvalue weighted by atomic mass is 19.4. The summed E-state index contributed by atoms with van der Waals surface area (Å²) in [5.41, 5.74) is 2.37. The number of anilines is 1. The van der Waals surface area contributed by atoms with Gasteiger partial charge in [-0.05, 0) is 55.2 Å². The number of hydrogen-bond donors (Lipinski definition) is 0. The predicted octanol–water partition coefficient (Wildman–Crippen LogP) is 6.43. The van der Waals surface area contributed by atoms with Crippen molar-refractivity contribution in [3.63, 3.8) is 0 Å². The van der Waals surface area contributed by atoms with Gasteiger partial charge in [-0.15, -0.1) is 6.58 Å². The first-order valence-corrected chi connectivity index (χ1v) is 9.55. The molecule has 0 aromatic heterocycles. The maximum Gasteiger partial charge on any atom is 0.416 e. The molecule has 0 aliphatic carbocycles. The molecule has 1 aliphatic heterocycles. The Morgan fingerprint density at radius 3 is 2.57 bits per heavy atom. The smallest absolute Gasteiger partial charge is 0.416 e. The summed E-state index contributed by atoms with van der Waals surface area (Å²) in [5, 5.41) is 0. The quantitative estimate of drug-likeness (QED) is 0.528. The maximum absolute atomic E-state index is 12.9. The average molecular weight is 389 g/mol. The van der Waals surface area contributed by atoms with E-state index in [4.69, 9.17) is 4.74 Å². The highest BCUT2D eigenvalue weighted by Gasteiger charge is 2.32. The second-order valence-electron chi connectivity index (χ2n) is 7.65. The van der Waals surface area contributed by atoms with Gasteiger partial charge in [-0.2, -0.15) is 13.2 Å². The molecule has 1 fully saturated rings. The molecule has 2 aromatic rings. The van der Waals surface area contributed by atoms with Gasteiger partial charge in [0.15, 0.2) is 0 Å². The third-order valence-electron chi connectivity index (χ3n) is 5.09. The zero-order chi connectivity index (χ0) is 20.3. The Kier molecular flexibility index (Phi) is 6.01. The Morgan fingerprint density at radius 2 is 1.93 bits per heavy atom. The Balaban J connectivity index is 1.60. The van der Waals surface area contributed by atoms with Gasteiger partial charge in [0.05, 0.1) is 12.1 Å². The molecule has 5 heteroatoms. The van der Waals surface area contributed by atoms with Crippen molar-refractivity contribution in [2.45, 2.75) is 44.9 Å². The fourth-order valence-electron chi connectivity index (χ4n) is 3.65. The van der Waals surface area contributed by atoms with Crippen molar-refractivity contribution in [1.82, 2.24) is 0 Å². The molecular formula is C23H26F3NO. The van der Waals surface area contributed by atoms with E-state index in [9.17, 15) is 13.2 Å². The monoisotopic (exact) mass is 389 g/mol. The van der Waals surface area contributed by atoms with Gasteiger partial charge in [-0.3, -0.25) is 0 Å². The van der Waals surface area contributed by atoms with Crippen molar-refractivity contribution in [2.75, 3.05) is 18.0 Å². The summed E-state index contributed by atoms with van der Waals surface area (Å²) >= 11 is 0. The minimum Gasteiger partial charge on any atom is -0.489 e. The lowest BCUT2D eigenvalue weighted by molar-refractivity contribution is -0.137. The number of alkyl halides is 3. The summed E-state index contributed by atoms with van der Waals surface area (Å²) in [6.07, 6.45) is -2.62. The van der Waals surface area contributed by atoms with Gasteiger partial charge >= 0.3 is 6.18 Å². The molecule has 0 amide bonds. The van der Waals surface area contributed by atoms with Crippen LogP contribution in [0.4, 0.5) is 18.9 Å². The molecule has 2 atom stereocenters. The fourth-order valence-corrected chi connectivity index (χ4v) is 3.65. The first kappa shape index (κ1) is 20.3.